The molecule has 8 heteroatoms. The molecule has 4 N–H and O–H groups in total. The first-order chi connectivity index (χ1) is 12.6. The number of fused-ring (bicyclic) bond motifs is 1. The van der Waals surface area contributed by atoms with Crippen molar-refractivity contribution < 1.29 is 0 Å². The molecular formula is C18H18Cl2N6. The Kier molecular flexibility index (Phi) is 4.56. The van der Waals surface area contributed by atoms with Gasteiger partial charge in [-0.1, -0.05) is 29.3 Å². The van der Waals surface area contributed by atoms with E-state index in [1.807, 2.05) is 24.3 Å². The van der Waals surface area contributed by atoms with Crippen LogP contribution in [0.3, 0.4) is 0 Å². The van der Waals surface area contributed by atoms with Crippen molar-refractivity contribution in [3.8, 4) is 11.1 Å². The normalized spacial score (nSPS) is 17.2. The zero-order chi connectivity index (χ0) is 18.3. The summed E-state index contributed by atoms with van der Waals surface area (Å²) < 4.78 is 0. The molecule has 0 radical (unpaired) electrons. The Labute approximate surface area is 161 Å². The maximum absolute atomic E-state index is 6.47. The fourth-order valence-electron chi connectivity index (χ4n) is 3.36. The molecule has 2 aromatic heterocycles. The Balaban J connectivity index is 1.95. The summed E-state index contributed by atoms with van der Waals surface area (Å²) in [5, 5.41) is 1.93. The van der Waals surface area contributed by atoms with E-state index in [1.54, 1.807) is 6.20 Å². The first-order valence-electron chi connectivity index (χ1n) is 8.39. The van der Waals surface area contributed by atoms with E-state index in [9.17, 15) is 0 Å². The molecule has 6 nitrogen and oxygen atoms in total. The van der Waals surface area contributed by atoms with Gasteiger partial charge in [-0.05, 0) is 37.1 Å². The molecule has 1 aliphatic rings. The van der Waals surface area contributed by atoms with Crippen LogP contribution in [-0.4, -0.2) is 34.6 Å². The van der Waals surface area contributed by atoms with Crippen molar-refractivity contribution in [1.82, 2.24) is 15.0 Å². The maximum atomic E-state index is 6.47. The summed E-state index contributed by atoms with van der Waals surface area (Å²) in [6, 6.07) is 7.44. The molecule has 4 rings (SSSR count). The lowest BCUT2D eigenvalue weighted by molar-refractivity contribution is 0.602. The fraction of sp³-hybridized carbons (Fsp3) is 0.278. The van der Waals surface area contributed by atoms with Crippen LogP contribution in [0.2, 0.25) is 10.0 Å². The van der Waals surface area contributed by atoms with Crippen molar-refractivity contribution in [2.24, 2.45) is 11.7 Å². The van der Waals surface area contributed by atoms with Gasteiger partial charge in [0, 0.05) is 35.8 Å². The number of nitrogens with two attached hydrogens (primary N) is 2. The SMILES string of the molecule is NCC1CCN(c2nc3nc(N)ncc3cc2-c2c(Cl)cccc2Cl)C1. The summed E-state index contributed by atoms with van der Waals surface area (Å²) in [7, 11) is 0. The summed E-state index contributed by atoms with van der Waals surface area (Å²) in [4.78, 5) is 15.3. The summed E-state index contributed by atoms with van der Waals surface area (Å²) in [6.07, 6.45) is 2.69. The molecule has 1 aliphatic heterocycles. The molecule has 3 aromatic rings. The lowest BCUT2D eigenvalue weighted by Gasteiger charge is -2.22. The van der Waals surface area contributed by atoms with Gasteiger partial charge in [-0.15, -0.1) is 0 Å². The second kappa shape index (κ2) is 6.87. The molecule has 0 saturated carbocycles. The van der Waals surface area contributed by atoms with Crippen LogP contribution in [0.4, 0.5) is 11.8 Å². The van der Waals surface area contributed by atoms with E-state index in [0.717, 1.165) is 41.8 Å². The number of halogens is 2. The van der Waals surface area contributed by atoms with Crippen molar-refractivity contribution in [3.05, 3.63) is 40.5 Å². The number of hydrogen-bond donors (Lipinski definition) is 2. The molecular weight excluding hydrogens is 371 g/mol. The van der Waals surface area contributed by atoms with Gasteiger partial charge in [0.15, 0.2) is 5.65 Å². The molecule has 3 heterocycles. The summed E-state index contributed by atoms with van der Waals surface area (Å²) in [6.45, 7) is 2.36. The highest BCUT2D eigenvalue weighted by Gasteiger charge is 2.26. The third-order valence-corrected chi connectivity index (χ3v) is 5.35. The Morgan fingerprint density at radius 2 is 1.96 bits per heavy atom. The Bertz CT molecular complexity index is 957. The van der Waals surface area contributed by atoms with E-state index in [2.05, 4.69) is 14.9 Å². The quantitative estimate of drug-likeness (QED) is 0.714. The van der Waals surface area contributed by atoms with E-state index in [-0.39, 0.29) is 5.95 Å². The van der Waals surface area contributed by atoms with Crippen molar-refractivity contribution in [2.75, 3.05) is 30.3 Å². The second-order valence-electron chi connectivity index (χ2n) is 6.43. The van der Waals surface area contributed by atoms with Crippen molar-refractivity contribution in [2.45, 2.75) is 6.42 Å². The number of nitrogen functional groups attached to an aromatic ring is 1. The van der Waals surface area contributed by atoms with E-state index >= 15 is 0 Å². The monoisotopic (exact) mass is 388 g/mol. The van der Waals surface area contributed by atoms with Gasteiger partial charge < -0.3 is 16.4 Å². The number of nitrogens with zero attached hydrogens (tertiary/aromatic N) is 4. The predicted octanol–water partition coefficient (Wildman–Crippen LogP) is 3.37. The molecule has 0 bridgehead atoms. The third kappa shape index (κ3) is 3.05. The van der Waals surface area contributed by atoms with E-state index in [4.69, 9.17) is 39.7 Å². The lowest BCUT2D eigenvalue weighted by atomic mass is 10.0. The number of pyridine rings is 1. The van der Waals surface area contributed by atoms with Crippen LogP contribution in [0, 0.1) is 5.92 Å². The van der Waals surface area contributed by atoms with Crippen LogP contribution in [-0.2, 0) is 0 Å². The minimum atomic E-state index is 0.195. The Morgan fingerprint density at radius 1 is 1.19 bits per heavy atom. The summed E-state index contributed by atoms with van der Waals surface area (Å²) in [5.74, 6) is 1.43. The van der Waals surface area contributed by atoms with Gasteiger partial charge in [-0.25, -0.2) is 9.97 Å². The largest absolute Gasteiger partial charge is 0.368 e. The topological polar surface area (TPSA) is 94.0 Å². The van der Waals surface area contributed by atoms with Crippen LogP contribution in [0.15, 0.2) is 30.5 Å². The number of aromatic nitrogens is 3. The standard InChI is InChI=1S/C18H18Cl2N6/c19-13-2-1-3-14(20)15(13)12-6-11-8-23-18(22)25-16(11)24-17(12)26-5-4-10(7-21)9-26/h1-3,6,8,10H,4-5,7,9,21H2,(H2,22,23,24,25). The van der Waals surface area contributed by atoms with E-state index in [1.165, 1.54) is 0 Å². The smallest absolute Gasteiger partial charge is 0.222 e. The van der Waals surface area contributed by atoms with Crippen LogP contribution < -0.4 is 16.4 Å². The highest BCUT2D eigenvalue weighted by molar-refractivity contribution is 6.39. The van der Waals surface area contributed by atoms with E-state index < -0.39 is 0 Å². The average molecular weight is 389 g/mol. The van der Waals surface area contributed by atoms with Crippen LogP contribution in [0.5, 0.6) is 0 Å². The Morgan fingerprint density at radius 3 is 2.65 bits per heavy atom. The fourth-order valence-corrected chi connectivity index (χ4v) is 3.97. The van der Waals surface area contributed by atoms with Crippen LogP contribution >= 0.6 is 23.2 Å². The maximum Gasteiger partial charge on any atom is 0.222 e. The predicted molar refractivity (Wildman–Crippen MR) is 107 cm³/mol. The molecule has 26 heavy (non-hydrogen) atoms. The van der Waals surface area contributed by atoms with Crippen molar-refractivity contribution in [1.29, 1.82) is 0 Å². The minimum absolute atomic E-state index is 0.195. The molecule has 0 aliphatic carbocycles. The molecule has 1 saturated heterocycles. The zero-order valence-corrected chi connectivity index (χ0v) is 15.5. The second-order valence-corrected chi connectivity index (χ2v) is 7.25. The highest BCUT2D eigenvalue weighted by Crippen LogP contribution is 2.41. The highest BCUT2D eigenvalue weighted by atomic mass is 35.5. The van der Waals surface area contributed by atoms with Gasteiger partial charge in [0.25, 0.3) is 0 Å². The first kappa shape index (κ1) is 17.3. The summed E-state index contributed by atoms with van der Waals surface area (Å²) >= 11 is 12.9. The molecule has 134 valence electrons. The molecule has 0 amide bonds. The van der Waals surface area contributed by atoms with Gasteiger partial charge in [-0.2, -0.15) is 4.98 Å². The van der Waals surface area contributed by atoms with Gasteiger partial charge in [0.05, 0.1) is 10.0 Å². The molecule has 1 unspecified atom stereocenters. The van der Waals surface area contributed by atoms with Gasteiger partial charge >= 0.3 is 0 Å². The van der Waals surface area contributed by atoms with Gasteiger partial charge in [0.2, 0.25) is 5.95 Å². The number of benzene rings is 1. The van der Waals surface area contributed by atoms with Gasteiger partial charge in [0.1, 0.15) is 5.82 Å². The molecule has 0 spiro atoms. The van der Waals surface area contributed by atoms with Crippen LogP contribution in [0.25, 0.3) is 22.2 Å². The zero-order valence-electron chi connectivity index (χ0n) is 14.0. The number of hydrogen-bond acceptors (Lipinski definition) is 6. The minimum Gasteiger partial charge on any atom is -0.368 e. The van der Waals surface area contributed by atoms with Crippen LogP contribution in [0.1, 0.15) is 6.42 Å². The average Bonchev–Trinajstić information content (AvgIpc) is 3.10. The third-order valence-electron chi connectivity index (χ3n) is 4.72. The van der Waals surface area contributed by atoms with Crippen molar-refractivity contribution >= 4 is 46.0 Å². The van der Waals surface area contributed by atoms with E-state index in [0.29, 0.717) is 28.2 Å². The first-order valence-corrected chi connectivity index (χ1v) is 9.15. The van der Waals surface area contributed by atoms with Gasteiger partial charge in [-0.3, -0.25) is 0 Å². The van der Waals surface area contributed by atoms with Crippen molar-refractivity contribution in [3.63, 3.8) is 0 Å². The summed E-state index contributed by atoms with van der Waals surface area (Å²) in [5.41, 5.74) is 13.8. The number of anilines is 2. The number of rotatable bonds is 3. The lowest BCUT2D eigenvalue weighted by Crippen LogP contribution is -2.24. The Hall–Kier alpha value is -2.15. The molecule has 1 atom stereocenters. The molecule has 1 aromatic carbocycles. The molecule has 1 fully saturated rings.